The molecule has 142 valence electrons. The summed E-state index contributed by atoms with van der Waals surface area (Å²) in [5, 5.41) is 18.1. The van der Waals surface area contributed by atoms with Crippen LogP contribution < -0.4 is 0 Å². The quantitative estimate of drug-likeness (QED) is 0.170. The molecule has 8 heteroatoms. The molecule has 1 atom stereocenters. The van der Waals surface area contributed by atoms with E-state index in [-0.39, 0.29) is 6.10 Å². The summed E-state index contributed by atoms with van der Waals surface area (Å²) in [5.74, 6) is 0. The zero-order valence-corrected chi connectivity index (χ0v) is 18.2. The van der Waals surface area contributed by atoms with Gasteiger partial charge in [-0.25, -0.2) is 4.57 Å². The number of phosphoric acid groups is 1. The first-order chi connectivity index (χ1) is 11.3. The van der Waals surface area contributed by atoms with E-state index in [0.29, 0.717) is 6.61 Å². The van der Waals surface area contributed by atoms with E-state index in [9.17, 15) is 5.11 Å². The Kier molecular flexibility index (Phi) is 23.1. The number of rotatable bonds is 15. The molecule has 0 amide bonds. The summed E-state index contributed by atoms with van der Waals surface area (Å²) in [6.07, 6.45) is 16.6. The summed E-state index contributed by atoms with van der Waals surface area (Å²) in [4.78, 5) is 21.6. The average molecular weight is 378 g/mol. The van der Waals surface area contributed by atoms with Crippen LogP contribution in [0, 0.1) is 0 Å². The van der Waals surface area contributed by atoms with Crippen LogP contribution in [0.1, 0.15) is 83.5 Å². The minimum atomic E-state index is -4.64. The SMILES string of the molecule is O=P(O)(O)O.OCCCCCCCCCCCCCCC(O)[CH2][Na]. The molecule has 0 saturated carbocycles. The molecule has 0 spiro atoms. The maximum absolute atomic E-state index is 9.46. The van der Waals surface area contributed by atoms with E-state index < -0.39 is 7.82 Å². The van der Waals surface area contributed by atoms with Crippen molar-refractivity contribution in [2.45, 2.75) is 93.2 Å². The first-order valence-corrected chi connectivity index (χ1v) is 12.4. The van der Waals surface area contributed by atoms with Crippen molar-refractivity contribution in [2.24, 2.45) is 0 Å². The van der Waals surface area contributed by atoms with Crippen molar-refractivity contribution >= 4 is 35.8 Å². The molecule has 0 heterocycles. The molecule has 0 fully saturated rings. The fourth-order valence-electron chi connectivity index (χ4n) is 2.46. The van der Waals surface area contributed by atoms with E-state index in [2.05, 4.69) is 0 Å². The van der Waals surface area contributed by atoms with E-state index in [1.54, 1.807) is 0 Å². The summed E-state index contributed by atoms with van der Waals surface area (Å²) in [5.41, 5.74) is 0. The Morgan fingerprint density at radius 2 is 1.00 bits per heavy atom. The van der Waals surface area contributed by atoms with E-state index in [1.165, 1.54) is 70.6 Å². The first kappa shape index (κ1) is 27.3. The van der Waals surface area contributed by atoms with Gasteiger partial charge in [0.25, 0.3) is 0 Å². The van der Waals surface area contributed by atoms with Crippen LogP contribution in [-0.4, -0.2) is 65.5 Å². The number of unbranched alkanes of at least 4 members (excludes halogenated alkanes) is 11. The molecule has 0 bridgehead atoms. The second-order valence-corrected chi connectivity index (χ2v) is 8.17. The normalized spacial score (nSPS) is 12.6. The molecular formula is C16H36NaO6P. The van der Waals surface area contributed by atoms with Crippen molar-refractivity contribution in [3.63, 3.8) is 0 Å². The van der Waals surface area contributed by atoms with Gasteiger partial charge >= 0.3 is 115 Å². The van der Waals surface area contributed by atoms with Crippen LogP contribution in [0.2, 0.25) is 3.67 Å². The number of aliphatic hydroxyl groups excluding tert-OH is 2. The van der Waals surface area contributed by atoms with Gasteiger partial charge in [0.15, 0.2) is 0 Å². The predicted octanol–water partition coefficient (Wildman–Crippen LogP) is 3.07. The molecule has 0 aromatic rings. The molecule has 1 unspecified atom stereocenters. The number of aliphatic hydroxyl groups is 2. The fraction of sp³-hybridized carbons (Fsp3) is 1.00. The third-order valence-electron chi connectivity index (χ3n) is 3.92. The Labute approximate surface area is 164 Å². The molecular weight excluding hydrogens is 342 g/mol. The van der Waals surface area contributed by atoms with Gasteiger partial charge in [0.05, 0.1) is 0 Å². The fourth-order valence-corrected chi connectivity index (χ4v) is 2.87. The van der Waals surface area contributed by atoms with Crippen LogP contribution in [0.25, 0.3) is 0 Å². The standard InChI is InChI=1S/C16H33O2.Na.H3O4P/c1-16(18)14-12-10-8-6-4-2-3-5-7-9-11-13-15-17;;1-5(2,3)4/h16-18H,1-15H2;;(H3,1,2,3,4). The van der Waals surface area contributed by atoms with Gasteiger partial charge in [-0.15, -0.1) is 0 Å². The Hall–Kier alpha value is 1.03. The van der Waals surface area contributed by atoms with E-state index in [0.717, 1.165) is 44.4 Å². The molecule has 0 aromatic heterocycles. The van der Waals surface area contributed by atoms with Crippen LogP contribution in [-0.2, 0) is 4.57 Å². The Morgan fingerprint density at radius 1 is 0.708 bits per heavy atom. The van der Waals surface area contributed by atoms with E-state index >= 15 is 0 Å². The van der Waals surface area contributed by atoms with Gasteiger partial charge < -0.3 is 19.8 Å². The van der Waals surface area contributed by atoms with Crippen molar-refractivity contribution in [1.82, 2.24) is 0 Å². The molecule has 0 rings (SSSR count). The van der Waals surface area contributed by atoms with Crippen molar-refractivity contribution in [1.29, 1.82) is 0 Å². The monoisotopic (exact) mass is 378 g/mol. The molecule has 0 saturated heterocycles. The predicted molar refractivity (Wildman–Crippen MR) is 97.9 cm³/mol. The molecule has 5 N–H and O–H groups in total. The molecule has 0 aliphatic carbocycles. The summed E-state index contributed by atoms with van der Waals surface area (Å²) in [7, 11) is -4.64. The summed E-state index contributed by atoms with van der Waals surface area (Å²) in [6.45, 7) is 0.358. The van der Waals surface area contributed by atoms with Gasteiger partial charge in [-0.1, -0.05) is 12.8 Å². The van der Waals surface area contributed by atoms with Gasteiger partial charge in [0, 0.05) is 6.61 Å². The average Bonchev–Trinajstić information content (AvgIpc) is 2.50. The zero-order valence-electron chi connectivity index (χ0n) is 15.3. The van der Waals surface area contributed by atoms with Crippen molar-refractivity contribution in [3.05, 3.63) is 0 Å². The topological polar surface area (TPSA) is 118 Å². The summed E-state index contributed by atoms with van der Waals surface area (Å²) >= 11 is 1.13. The van der Waals surface area contributed by atoms with E-state index in [1.807, 2.05) is 0 Å². The molecule has 24 heavy (non-hydrogen) atoms. The van der Waals surface area contributed by atoms with Gasteiger partial charge in [-0.05, 0) is 6.42 Å². The summed E-state index contributed by atoms with van der Waals surface area (Å²) in [6, 6.07) is 0. The van der Waals surface area contributed by atoms with Crippen LogP contribution in [0.5, 0.6) is 0 Å². The van der Waals surface area contributed by atoms with Crippen LogP contribution >= 0.6 is 7.82 Å². The van der Waals surface area contributed by atoms with Crippen molar-refractivity contribution < 1.29 is 29.5 Å². The van der Waals surface area contributed by atoms with Gasteiger partial charge in [-0.2, -0.15) is 0 Å². The van der Waals surface area contributed by atoms with Crippen molar-refractivity contribution in [2.75, 3.05) is 6.61 Å². The molecule has 0 radical (unpaired) electrons. The third-order valence-corrected chi connectivity index (χ3v) is 4.86. The first-order valence-electron chi connectivity index (χ1n) is 9.38. The third kappa shape index (κ3) is 34.4. The molecule has 6 nitrogen and oxygen atoms in total. The number of hydrogen-bond donors (Lipinski definition) is 5. The maximum atomic E-state index is 9.46. The van der Waals surface area contributed by atoms with Gasteiger partial charge in [0.1, 0.15) is 0 Å². The summed E-state index contributed by atoms with van der Waals surface area (Å²) < 4.78 is 9.92. The minimum absolute atomic E-state index is 0.00231. The Morgan fingerprint density at radius 3 is 1.29 bits per heavy atom. The molecule has 0 aliphatic heterocycles. The number of hydrogen-bond acceptors (Lipinski definition) is 3. The van der Waals surface area contributed by atoms with Crippen LogP contribution in [0.15, 0.2) is 0 Å². The van der Waals surface area contributed by atoms with Crippen molar-refractivity contribution in [3.8, 4) is 0 Å². The van der Waals surface area contributed by atoms with E-state index in [4.69, 9.17) is 24.4 Å². The Bertz CT molecular complexity index is 279. The molecule has 0 aromatic carbocycles. The zero-order chi connectivity index (χ0) is 18.7. The van der Waals surface area contributed by atoms with Gasteiger partial charge in [0.2, 0.25) is 0 Å². The van der Waals surface area contributed by atoms with Crippen LogP contribution in [0.3, 0.4) is 0 Å². The van der Waals surface area contributed by atoms with Gasteiger partial charge in [-0.3, -0.25) is 0 Å². The Balaban J connectivity index is 0. The second-order valence-electron chi connectivity index (χ2n) is 6.33. The molecule has 0 aliphatic rings. The van der Waals surface area contributed by atoms with Crippen LogP contribution in [0.4, 0.5) is 0 Å². The second kappa shape index (κ2) is 20.3.